The molecule has 2 heteroatoms. The molecule has 0 radical (unpaired) electrons. The summed E-state index contributed by atoms with van der Waals surface area (Å²) in [6.07, 6.45) is 7.22. The van der Waals surface area contributed by atoms with Gasteiger partial charge in [-0.15, -0.1) is 0 Å². The molecule has 1 unspecified atom stereocenters. The van der Waals surface area contributed by atoms with Gasteiger partial charge in [-0.3, -0.25) is 0 Å². The van der Waals surface area contributed by atoms with Crippen LogP contribution in [0.4, 0.5) is 0 Å². The van der Waals surface area contributed by atoms with Gasteiger partial charge in [0.2, 0.25) is 0 Å². The van der Waals surface area contributed by atoms with Gasteiger partial charge in [-0.1, -0.05) is 74.7 Å². The normalized spacial score (nSPS) is 14.4. The molecule has 0 aromatic carbocycles. The first-order chi connectivity index (χ1) is 10.2. The molecule has 22 heavy (non-hydrogen) atoms. The highest BCUT2D eigenvalue weighted by Crippen LogP contribution is 2.37. The van der Waals surface area contributed by atoms with Crippen molar-refractivity contribution in [2.45, 2.75) is 111 Å². The lowest BCUT2D eigenvalue weighted by Gasteiger charge is -2.25. The van der Waals surface area contributed by atoms with Crippen molar-refractivity contribution in [1.82, 2.24) is 9.97 Å². The van der Waals surface area contributed by atoms with Crippen LogP contribution in [0.2, 0.25) is 0 Å². The van der Waals surface area contributed by atoms with Crippen LogP contribution in [0.15, 0.2) is 0 Å². The van der Waals surface area contributed by atoms with Crippen LogP contribution in [0, 0.1) is 0 Å². The Balaban J connectivity index is 3.31. The molecule has 1 atom stereocenters. The summed E-state index contributed by atoms with van der Waals surface area (Å²) in [5.74, 6) is 1.75. The van der Waals surface area contributed by atoms with Crippen molar-refractivity contribution in [2.75, 3.05) is 0 Å². The summed E-state index contributed by atoms with van der Waals surface area (Å²) in [6, 6.07) is 0. The maximum atomic E-state index is 5.14. The minimum atomic E-state index is 0.135. The number of rotatable bonds is 9. The van der Waals surface area contributed by atoms with Gasteiger partial charge in [0, 0.05) is 16.5 Å². The summed E-state index contributed by atoms with van der Waals surface area (Å²) in [5.41, 5.74) is 2.99. The number of nitrogens with one attached hydrogen (secondary N) is 1. The van der Waals surface area contributed by atoms with Crippen LogP contribution in [-0.4, -0.2) is 9.97 Å². The second-order valence-corrected chi connectivity index (χ2v) is 8.31. The summed E-state index contributed by atoms with van der Waals surface area (Å²) in [7, 11) is 0. The quantitative estimate of drug-likeness (QED) is 0.556. The van der Waals surface area contributed by atoms with Crippen LogP contribution in [0.3, 0.4) is 0 Å². The summed E-state index contributed by atoms with van der Waals surface area (Å²) >= 11 is 0. The Hall–Kier alpha value is -0.790. The van der Waals surface area contributed by atoms with Crippen LogP contribution in [0.5, 0.6) is 0 Å². The SMILES string of the molecule is CCCC(C)c1[nH]c(C(C)(C)CCC)nc1C(C)(C)CCC. The standard InChI is InChI=1S/C20H38N2/c1-9-12-15(4)16-17(19(5,6)13-10-2)22-18(21-16)20(7,8)14-11-3/h15H,9-14H2,1-8H3,(H,21,22). The second kappa shape index (κ2) is 7.66. The third-order valence-corrected chi connectivity index (χ3v) is 4.98. The Morgan fingerprint density at radius 1 is 0.909 bits per heavy atom. The molecule has 0 spiro atoms. The predicted molar refractivity (Wildman–Crippen MR) is 97.8 cm³/mol. The van der Waals surface area contributed by atoms with Gasteiger partial charge in [-0.2, -0.15) is 0 Å². The highest BCUT2D eigenvalue weighted by Gasteiger charge is 2.32. The zero-order chi connectivity index (χ0) is 17.0. The molecule has 0 bridgehead atoms. The van der Waals surface area contributed by atoms with Gasteiger partial charge in [-0.25, -0.2) is 4.98 Å². The molecule has 0 amide bonds. The van der Waals surface area contributed by atoms with E-state index >= 15 is 0 Å². The topological polar surface area (TPSA) is 28.7 Å². The number of imidazole rings is 1. The van der Waals surface area contributed by atoms with E-state index in [4.69, 9.17) is 4.98 Å². The lowest BCUT2D eigenvalue weighted by molar-refractivity contribution is 0.434. The second-order valence-electron chi connectivity index (χ2n) is 8.31. The fourth-order valence-electron chi connectivity index (χ4n) is 3.64. The molecular formula is C20H38N2. The molecule has 0 saturated heterocycles. The fraction of sp³-hybridized carbons (Fsp3) is 0.850. The van der Waals surface area contributed by atoms with Crippen molar-refractivity contribution in [1.29, 1.82) is 0 Å². The van der Waals surface area contributed by atoms with E-state index in [2.05, 4.69) is 60.4 Å². The minimum Gasteiger partial charge on any atom is -0.345 e. The van der Waals surface area contributed by atoms with Crippen LogP contribution in [-0.2, 0) is 10.8 Å². The average molecular weight is 307 g/mol. The molecular weight excluding hydrogens is 268 g/mol. The molecule has 0 aliphatic carbocycles. The van der Waals surface area contributed by atoms with Gasteiger partial charge in [0.1, 0.15) is 5.82 Å². The molecule has 1 N–H and O–H groups in total. The molecule has 1 aromatic heterocycles. The van der Waals surface area contributed by atoms with Gasteiger partial charge < -0.3 is 4.98 Å². The molecule has 1 aromatic rings. The molecule has 0 aliphatic heterocycles. The Morgan fingerprint density at radius 2 is 1.45 bits per heavy atom. The first-order valence-corrected chi connectivity index (χ1v) is 9.30. The van der Waals surface area contributed by atoms with Crippen molar-refractivity contribution in [2.24, 2.45) is 0 Å². The maximum absolute atomic E-state index is 5.14. The third kappa shape index (κ3) is 4.36. The first kappa shape index (κ1) is 19.3. The van der Waals surface area contributed by atoms with Gasteiger partial charge in [-0.05, 0) is 25.2 Å². The number of aromatic amines is 1. The Kier molecular flexibility index (Phi) is 6.70. The lowest BCUT2D eigenvalue weighted by Crippen LogP contribution is -2.21. The van der Waals surface area contributed by atoms with E-state index in [0.29, 0.717) is 5.92 Å². The molecule has 0 aliphatic rings. The molecule has 128 valence electrons. The van der Waals surface area contributed by atoms with E-state index in [1.54, 1.807) is 0 Å². The van der Waals surface area contributed by atoms with E-state index < -0.39 is 0 Å². The number of hydrogen-bond donors (Lipinski definition) is 1. The monoisotopic (exact) mass is 306 g/mol. The van der Waals surface area contributed by atoms with Gasteiger partial charge in [0.15, 0.2) is 0 Å². The van der Waals surface area contributed by atoms with Gasteiger partial charge in [0.25, 0.3) is 0 Å². The largest absolute Gasteiger partial charge is 0.345 e. The minimum absolute atomic E-state index is 0.135. The number of nitrogens with zero attached hydrogens (tertiary/aromatic N) is 1. The summed E-state index contributed by atoms with van der Waals surface area (Å²) < 4.78 is 0. The Bertz CT molecular complexity index is 454. The summed E-state index contributed by atoms with van der Waals surface area (Å²) in [6.45, 7) is 18.5. The van der Waals surface area contributed by atoms with Crippen molar-refractivity contribution < 1.29 is 0 Å². The van der Waals surface area contributed by atoms with Crippen molar-refractivity contribution in [3.8, 4) is 0 Å². The van der Waals surface area contributed by atoms with Gasteiger partial charge in [0.05, 0.1) is 5.69 Å². The van der Waals surface area contributed by atoms with Crippen LogP contribution < -0.4 is 0 Å². The lowest BCUT2D eigenvalue weighted by atomic mass is 9.81. The smallest absolute Gasteiger partial charge is 0.112 e. The van der Waals surface area contributed by atoms with Crippen molar-refractivity contribution >= 4 is 0 Å². The molecule has 0 fully saturated rings. The number of H-pyrrole nitrogens is 1. The highest BCUT2D eigenvalue weighted by atomic mass is 15.0. The van der Waals surface area contributed by atoms with E-state index in [1.807, 2.05) is 0 Å². The van der Waals surface area contributed by atoms with Gasteiger partial charge >= 0.3 is 0 Å². The first-order valence-electron chi connectivity index (χ1n) is 9.30. The number of aromatic nitrogens is 2. The maximum Gasteiger partial charge on any atom is 0.112 e. The van der Waals surface area contributed by atoms with Crippen LogP contribution in [0.1, 0.15) is 117 Å². The summed E-state index contributed by atoms with van der Waals surface area (Å²) in [5, 5.41) is 0. The zero-order valence-electron chi connectivity index (χ0n) is 16.3. The average Bonchev–Trinajstić information content (AvgIpc) is 2.85. The molecule has 2 nitrogen and oxygen atoms in total. The molecule has 0 saturated carbocycles. The Labute approximate surface area is 138 Å². The van der Waals surface area contributed by atoms with E-state index in [9.17, 15) is 0 Å². The van der Waals surface area contributed by atoms with Crippen molar-refractivity contribution in [3.63, 3.8) is 0 Å². The fourth-order valence-corrected chi connectivity index (χ4v) is 3.64. The van der Waals surface area contributed by atoms with E-state index in [-0.39, 0.29) is 10.8 Å². The van der Waals surface area contributed by atoms with Crippen molar-refractivity contribution in [3.05, 3.63) is 17.2 Å². The Morgan fingerprint density at radius 3 is 1.95 bits per heavy atom. The van der Waals surface area contributed by atoms with E-state index in [0.717, 1.165) is 0 Å². The highest BCUT2D eigenvalue weighted by molar-refractivity contribution is 5.28. The van der Waals surface area contributed by atoms with E-state index in [1.165, 1.54) is 55.7 Å². The predicted octanol–water partition coefficient (Wildman–Crippen LogP) is 6.47. The number of hydrogen-bond acceptors (Lipinski definition) is 1. The zero-order valence-corrected chi connectivity index (χ0v) is 16.3. The van der Waals surface area contributed by atoms with Crippen LogP contribution >= 0.6 is 0 Å². The molecule has 1 heterocycles. The third-order valence-electron chi connectivity index (χ3n) is 4.98. The molecule has 1 rings (SSSR count). The summed E-state index contributed by atoms with van der Waals surface area (Å²) in [4.78, 5) is 8.88. The van der Waals surface area contributed by atoms with Crippen LogP contribution in [0.25, 0.3) is 0 Å².